The van der Waals surface area contributed by atoms with Gasteiger partial charge in [0.25, 0.3) is 20.2 Å². The van der Waals surface area contributed by atoms with Crippen molar-refractivity contribution < 1.29 is 40.3 Å². The lowest BCUT2D eigenvalue weighted by atomic mass is 9.94. The van der Waals surface area contributed by atoms with Gasteiger partial charge in [-0.2, -0.15) is 27.1 Å². The third kappa shape index (κ3) is 9.04. The summed E-state index contributed by atoms with van der Waals surface area (Å²) in [5.41, 5.74) is 3.83. The quantitative estimate of drug-likeness (QED) is 0.0555. The highest BCUT2D eigenvalue weighted by atomic mass is 35.5. The number of halogens is 2. The molecule has 6 N–H and O–H groups in total. The van der Waals surface area contributed by atoms with E-state index < -0.39 is 47.6 Å². The maximum atomic E-state index is 13.4. The number of amides is 3. The second-order valence-corrected chi connectivity index (χ2v) is 14.6. The van der Waals surface area contributed by atoms with Gasteiger partial charge in [-0.05, 0) is 96.9 Å². The molecule has 20 heteroatoms. The number of Topliss-reactive ketones (excluding diaryl/α,β-unsaturated/α-hetero) is 1. The Morgan fingerprint density at radius 2 is 1.37 bits per heavy atom. The smallest absolute Gasteiger partial charge is 0.323 e. The molecule has 5 rings (SSSR count). The van der Waals surface area contributed by atoms with E-state index in [4.69, 9.17) is 23.2 Å². The van der Waals surface area contributed by atoms with Crippen LogP contribution in [-0.2, 0) is 25.0 Å². The van der Waals surface area contributed by atoms with E-state index in [0.29, 0.717) is 16.9 Å². The van der Waals surface area contributed by atoms with Gasteiger partial charge in [0.2, 0.25) is 11.7 Å². The zero-order chi connectivity index (χ0) is 38.0. The highest BCUT2D eigenvalue weighted by Gasteiger charge is 2.33. The fourth-order valence-electron chi connectivity index (χ4n) is 4.75. The second-order valence-electron chi connectivity index (χ2n) is 10.9. The molecule has 268 valence electrons. The lowest BCUT2D eigenvalue weighted by Gasteiger charge is -2.17. The summed E-state index contributed by atoms with van der Waals surface area (Å²) in [6.45, 7) is 2.97. The number of hydrogen-bond donors (Lipinski definition) is 6. The summed E-state index contributed by atoms with van der Waals surface area (Å²) >= 11 is 11.9. The largest absolute Gasteiger partial charge is 0.326 e. The molecule has 16 nitrogen and oxygen atoms in total. The van der Waals surface area contributed by atoms with Crippen molar-refractivity contribution in [1.82, 2.24) is 0 Å². The van der Waals surface area contributed by atoms with Gasteiger partial charge in [0.05, 0.1) is 16.4 Å². The number of nitrogens with one attached hydrogen (secondary N) is 4. The lowest BCUT2D eigenvalue weighted by Crippen LogP contribution is -2.27. The predicted octanol–water partition coefficient (Wildman–Crippen LogP) is 7.46. The number of hydrazone groups is 1. The van der Waals surface area contributed by atoms with Gasteiger partial charge >= 0.3 is 6.03 Å². The molecular formula is C32H25Cl2N7O9S2. The summed E-state index contributed by atoms with van der Waals surface area (Å²) in [6.07, 6.45) is 1.04. The van der Waals surface area contributed by atoms with Crippen molar-refractivity contribution >= 4 is 107 Å². The minimum atomic E-state index is -4.98. The van der Waals surface area contributed by atoms with E-state index in [-0.39, 0.29) is 49.8 Å². The van der Waals surface area contributed by atoms with E-state index >= 15 is 0 Å². The van der Waals surface area contributed by atoms with E-state index in [1.807, 2.05) is 0 Å². The molecule has 4 aromatic carbocycles. The number of rotatable bonds is 9. The van der Waals surface area contributed by atoms with E-state index in [1.54, 1.807) is 31.2 Å². The summed E-state index contributed by atoms with van der Waals surface area (Å²) in [5.74, 6) is -1.10. The molecule has 0 aromatic heterocycles. The molecule has 0 unspecified atom stereocenters. The normalized spacial score (nSPS) is 13.8. The Balaban J connectivity index is 1.34. The molecule has 0 radical (unpaired) electrons. The number of nitrogens with zero attached hydrogens (tertiary/aromatic N) is 3. The van der Waals surface area contributed by atoms with Crippen LogP contribution in [0.4, 0.5) is 38.9 Å². The molecule has 3 amide bonds. The monoisotopic (exact) mass is 785 g/mol. The number of fused-ring (bicyclic) bond motifs is 1. The van der Waals surface area contributed by atoms with Gasteiger partial charge < -0.3 is 16.0 Å². The molecule has 0 saturated heterocycles. The molecule has 0 aliphatic heterocycles. The first-order chi connectivity index (χ1) is 24.4. The fourth-order valence-corrected chi connectivity index (χ4v) is 6.73. The number of carbonyl (C=O) groups excluding carboxylic acids is 3. The first-order valence-corrected chi connectivity index (χ1v) is 18.2. The van der Waals surface area contributed by atoms with Crippen molar-refractivity contribution in [3.8, 4) is 0 Å². The third-order valence-corrected chi connectivity index (χ3v) is 9.29. The van der Waals surface area contributed by atoms with Gasteiger partial charge in [-0.1, -0.05) is 23.2 Å². The van der Waals surface area contributed by atoms with Crippen LogP contribution in [0, 0.1) is 6.92 Å². The number of allylic oxidation sites excluding steroid dienone is 1. The van der Waals surface area contributed by atoms with Crippen molar-refractivity contribution in [3.05, 3.63) is 104 Å². The number of hydrogen-bond acceptors (Lipinski definition) is 11. The van der Waals surface area contributed by atoms with Gasteiger partial charge in [-0.3, -0.25) is 24.1 Å². The van der Waals surface area contributed by atoms with Gasteiger partial charge in [-0.25, -0.2) is 4.79 Å². The van der Waals surface area contributed by atoms with Gasteiger partial charge in [0.1, 0.15) is 15.5 Å². The Morgan fingerprint density at radius 3 is 1.98 bits per heavy atom. The van der Waals surface area contributed by atoms with Crippen LogP contribution in [0.5, 0.6) is 0 Å². The Labute approximate surface area is 306 Å². The zero-order valence-electron chi connectivity index (χ0n) is 26.7. The van der Waals surface area contributed by atoms with E-state index in [9.17, 15) is 40.3 Å². The minimum Gasteiger partial charge on any atom is -0.326 e. The standard InChI is InChI=1S/C32H25Cl2N7O9S2/c1-16-11-23(8-10-26(16)39-40-29-25(34)14-19(33)15-28(29)52(48,49)50)38-41-30-27(51(45,46)47)13-18-12-22(7-9-24(18)31(30)43)37-32(44)36-21-5-3-20(4-6-21)35-17(2)42/h3-15,38H,1-2H3,(H,35,42)(H2,36,37,44)(H,45,46,47)(H,48,49,50)/b40-39?,41-30-. The van der Waals surface area contributed by atoms with Crippen LogP contribution in [0.3, 0.4) is 0 Å². The average Bonchev–Trinajstić information content (AvgIpc) is 3.04. The third-order valence-electron chi connectivity index (χ3n) is 7.05. The summed E-state index contributed by atoms with van der Waals surface area (Å²) in [5, 5.41) is 19.4. The fraction of sp³-hybridized carbons (Fsp3) is 0.0625. The van der Waals surface area contributed by atoms with Gasteiger partial charge in [0.15, 0.2) is 5.71 Å². The van der Waals surface area contributed by atoms with Crippen molar-refractivity contribution in [2.24, 2.45) is 15.3 Å². The average molecular weight is 787 g/mol. The van der Waals surface area contributed by atoms with Crippen LogP contribution in [0.2, 0.25) is 10.0 Å². The van der Waals surface area contributed by atoms with E-state index in [2.05, 4.69) is 36.7 Å². The van der Waals surface area contributed by atoms with Gasteiger partial charge in [0, 0.05) is 34.6 Å². The highest BCUT2D eigenvalue weighted by molar-refractivity contribution is 7.91. The molecular weight excluding hydrogens is 761 g/mol. The van der Waals surface area contributed by atoms with Gasteiger partial charge in [-0.15, -0.1) is 5.11 Å². The Morgan fingerprint density at radius 1 is 0.750 bits per heavy atom. The molecule has 0 spiro atoms. The summed E-state index contributed by atoms with van der Waals surface area (Å²) in [6, 6.07) is 16.3. The first kappa shape index (κ1) is 37.7. The van der Waals surface area contributed by atoms with Crippen LogP contribution < -0.4 is 21.4 Å². The molecule has 0 fully saturated rings. The Kier molecular flexibility index (Phi) is 10.9. The number of anilines is 4. The van der Waals surface area contributed by atoms with Crippen molar-refractivity contribution in [2.75, 3.05) is 21.4 Å². The Hall–Kier alpha value is -5.50. The SMILES string of the molecule is CC(=O)Nc1ccc(NC(=O)Nc2ccc3c(c2)C=C(S(=O)(=O)O)/C(=N/Nc2ccc(N=Nc4c(Cl)cc(Cl)cc4S(=O)(=O)O)c(C)c2)C3=O)cc1. The first-order valence-electron chi connectivity index (χ1n) is 14.6. The maximum Gasteiger partial charge on any atom is 0.323 e. The maximum absolute atomic E-state index is 13.4. The molecule has 52 heavy (non-hydrogen) atoms. The van der Waals surface area contributed by atoms with E-state index in [1.165, 1.54) is 49.4 Å². The topological polar surface area (TPSA) is 245 Å². The molecule has 4 aromatic rings. The number of ketones is 1. The Bertz CT molecular complexity index is 2470. The molecule has 0 bridgehead atoms. The number of azo groups is 1. The number of urea groups is 1. The highest BCUT2D eigenvalue weighted by Crippen LogP contribution is 2.37. The predicted molar refractivity (Wildman–Crippen MR) is 196 cm³/mol. The van der Waals surface area contributed by atoms with Crippen LogP contribution in [-0.4, -0.2) is 49.4 Å². The van der Waals surface area contributed by atoms with Crippen molar-refractivity contribution in [1.29, 1.82) is 0 Å². The van der Waals surface area contributed by atoms with Crippen molar-refractivity contribution in [2.45, 2.75) is 18.7 Å². The van der Waals surface area contributed by atoms with Crippen LogP contribution in [0.25, 0.3) is 6.08 Å². The van der Waals surface area contributed by atoms with Crippen LogP contribution in [0.1, 0.15) is 28.4 Å². The molecule has 1 aliphatic rings. The van der Waals surface area contributed by atoms with Crippen LogP contribution in [0.15, 0.2) is 97.9 Å². The minimum absolute atomic E-state index is 0.0320. The lowest BCUT2D eigenvalue weighted by molar-refractivity contribution is -0.114. The van der Waals surface area contributed by atoms with Crippen molar-refractivity contribution in [3.63, 3.8) is 0 Å². The number of aryl methyl sites for hydroxylation is 1. The summed E-state index contributed by atoms with van der Waals surface area (Å²) < 4.78 is 67.9. The molecule has 1 aliphatic carbocycles. The number of carbonyl (C=O) groups is 3. The summed E-state index contributed by atoms with van der Waals surface area (Å²) in [4.78, 5) is 35.8. The molecule has 0 heterocycles. The zero-order valence-corrected chi connectivity index (χ0v) is 29.8. The molecule has 0 saturated carbocycles. The van der Waals surface area contributed by atoms with E-state index in [0.717, 1.165) is 12.1 Å². The second kappa shape index (κ2) is 15.0. The van der Waals surface area contributed by atoms with Crippen LogP contribution >= 0.6 is 23.2 Å². The number of benzene rings is 4. The summed E-state index contributed by atoms with van der Waals surface area (Å²) in [7, 11) is -9.72. The molecule has 0 atom stereocenters.